The Bertz CT molecular complexity index is 802. The summed E-state index contributed by atoms with van der Waals surface area (Å²) in [6.07, 6.45) is 3.06. The molecule has 0 aliphatic heterocycles. The molecule has 0 aliphatic carbocycles. The lowest BCUT2D eigenvalue weighted by Crippen LogP contribution is -2.03. The van der Waals surface area contributed by atoms with E-state index in [-0.39, 0.29) is 11.4 Å². The van der Waals surface area contributed by atoms with Crippen molar-refractivity contribution in [3.05, 3.63) is 60.3 Å². The fourth-order valence-electron chi connectivity index (χ4n) is 1.98. The molecule has 0 aliphatic rings. The Labute approximate surface area is 118 Å². The van der Waals surface area contributed by atoms with Crippen LogP contribution >= 0.6 is 0 Å². The molecule has 0 amide bonds. The average molecular weight is 284 g/mol. The van der Waals surface area contributed by atoms with Gasteiger partial charge in [-0.2, -0.15) is 0 Å². The Morgan fingerprint density at radius 2 is 1.95 bits per heavy atom. The second kappa shape index (κ2) is 5.12. The molecule has 0 spiro atoms. The van der Waals surface area contributed by atoms with Crippen LogP contribution in [0, 0.1) is 5.82 Å². The van der Waals surface area contributed by atoms with Gasteiger partial charge in [0.15, 0.2) is 5.69 Å². The number of hydrogen-bond acceptors (Lipinski definition) is 4. The van der Waals surface area contributed by atoms with Crippen molar-refractivity contribution in [2.45, 2.75) is 0 Å². The molecule has 21 heavy (non-hydrogen) atoms. The van der Waals surface area contributed by atoms with Crippen molar-refractivity contribution in [3.63, 3.8) is 0 Å². The Kier molecular flexibility index (Phi) is 3.15. The number of hydrogen-bond donors (Lipinski definition) is 1. The summed E-state index contributed by atoms with van der Waals surface area (Å²) in [6.45, 7) is 0. The molecule has 0 radical (unpaired) electrons. The number of aromatic nitrogens is 4. The first-order chi connectivity index (χ1) is 10.2. The van der Waals surface area contributed by atoms with Gasteiger partial charge in [-0.3, -0.25) is 4.98 Å². The number of aromatic carboxylic acids is 1. The molecular formula is C14H9FN4O2. The first-order valence-corrected chi connectivity index (χ1v) is 6.02. The number of pyridine rings is 1. The summed E-state index contributed by atoms with van der Waals surface area (Å²) in [4.78, 5) is 15.2. The monoisotopic (exact) mass is 284 g/mol. The minimum Gasteiger partial charge on any atom is -0.476 e. The molecule has 7 heteroatoms. The van der Waals surface area contributed by atoms with Gasteiger partial charge in [0.1, 0.15) is 11.5 Å². The molecule has 1 N–H and O–H groups in total. The Balaban J connectivity index is 2.25. The summed E-state index contributed by atoms with van der Waals surface area (Å²) < 4.78 is 14.7. The molecule has 0 saturated heterocycles. The van der Waals surface area contributed by atoms with Crippen molar-refractivity contribution in [1.82, 2.24) is 20.0 Å². The third-order valence-corrected chi connectivity index (χ3v) is 2.88. The van der Waals surface area contributed by atoms with Gasteiger partial charge in [0, 0.05) is 18.0 Å². The van der Waals surface area contributed by atoms with Gasteiger partial charge in [-0.15, -0.1) is 5.10 Å². The van der Waals surface area contributed by atoms with E-state index < -0.39 is 11.8 Å². The Morgan fingerprint density at radius 1 is 1.19 bits per heavy atom. The molecule has 1 aromatic carbocycles. The molecule has 0 bridgehead atoms. The largest absolute Gasteiger partial charge is 0.476 e. The third-order valence-electron chi connectivity index (χ3n) is 2.88. The third kappa shape index (κ3) is 2.36. The smallest absolute Gasteiger partial charge is 0.358 e. The normalized spacial score (nSPS) is 10.5. The summed E-state index contributed by atoms with van der Waals surface area (Å²) in [7, 11) is 0. The van der Waals surface area contributed by atoms with Crippen molar-refractivity contribution in [1.29, 1.82) is 0 Å². The summed E-state index contributed by atoms with van der Waals surface area (Å²) >= 11 is 0. The van der Waals surface area contributed by atoms with Crippen molar-refractivity contribution in [3.8, 4) is 16.9 Å². The highest BCUT2D eigenvalue weighted by Crippen LogP contribution is 2.25. The summed E-state index contributed by atoms with van der Waals surface area (Å²) in [5.74, 6) is -1.65. The van der Waals surface area contributed by atoms with Crippen LogP contribution in [0.25, 0.3) is 16.9 Å². The number of benzene rings is 1. The van der Waals surface area contributed by atoms with Gasteiger partial charge < -0.3 is 5.11 Å². The first kappa shape index (κ1) is 12.9. The maximum Gasteiger partial charge on any atom is 0.358 e. The number of nitrogens with zero attached hydrogens (tertiary/aromatic N) is 4. The van der Waals surface area contributed by atoms with Crippen LogP contribution in [-0.4, -0.2) is 31.1 Å². The lowest BCUT2D eigenvalue weighted by Gasteiger charge is -2.07. The van der Waals surface area contributed by atoms with Gasteiger partial charge in [-0.25, -0.2) is 13.9 Å². The number of carboxylic acids is 1. The Hall–Kier alpha value is -3.09. The van der Waals surface area contributed by atoms with E-state index in [1.165, 1.54) is 35.3 Å². The van der Waals surface area contributed by atoms with E-state index in [0.29, 0.717) is 11.3 Å². The van der Waals surface area contributed by atoms with E-state index in [2.05, 4.69) is 15.3 Å². The predicted molar refractivity (Wildman–Crippen MR) is 71.5 cm³/mol. The van der Waals surface area contributed by atoms with Gasteiger partial charge in [0.2, 0.25) is 0 Å². The highest BCUT2D eigenvalue weighted by Gasteiger charge is 2.21. The van der Waals surface area contributed by atoms with E-state index in [1.807, 2.05) is 0 Å². The molecule has 6 nitrogen and oxygen atoms in total. The highest BCUT2D eigenvalue weighted by molar-refractivity contribution is 5.93. The summed E-state index contributed by atoms with van der Waals surface area (Å²) in [5, 5.41) is 16.7. The predicted octanol–water partition coefficient (Wildman–Crippen LogP) is 2.17. The minimum atomic E-state index is -1.20. The lowest BCUT2D eigenvalue weighted by molar-refractivity contribution is 0.0691. The molecule has 0 unspecified atom stereocenters. The summed E-state index contributed by atoms with van der Waals surface area (Å²) in [5.41, 5.74) is 1.04. The quantitative estimate of drug-likeness (QED) is 0.797. The molecule has 0 atom stereocenters. The van der Waals surface area contributed by atoms with Crippen LogP contribution in [0.5, 0.6) is 0 Å². The zero-order valence-electron chi connectivity index (χ0n) is 10.6. The van der Waals surface area contributed by atoms with E-state index in [4.69, 9.17) is 0 Å². The maximum absolute atomic E-state index is 13.4. The van der Waals surface area contributed by atoms with Crippen molar-refractivity contribution < 1.29 is 14.3 Å². The molecular weight excluding hydrogens is 275 g/mol. The van der Waals surface area contributed by atoms with Gasteiger partial charge in [-0.1, -0.05) is 11.3 Å². The van der Waals surface area contributed by atoms with Crippen molar-refractivity contribution in [2.24, 2.45) is 0 Å². The van der Waals surface area contributed by atoms with E-state index >= 15 is 0 Å². The molecule has 0 saturated carbocycles. The van der Waals surface area contributed by atoms with Crippen LogP contribution < -0.4 is 0 Å². The van der Waals surface area contributed by atoms with Gasteiger partial charge >= 0.3 is 5.97 Å². The highest BCUT2D eigenvalue weighted by atomic mass is 19.1. The molecule has 3 aromatic rings. The topological polar surface area (TPSA) is 80.9 Å². The zero-order valence-corrected chi connectivity index (χ0v) is 10.6. The lowest BCUT2D eigenvalue weighted by atomic mass is 10.1. The van der Waals surface area contributed by atoms with Crippen LogP contribution in [0.1, 0.15) is 10.5 Å². The SMILES string of the molecule is O=C(O)c1nnn(-c2cccc(F)c2)c1-c1ccncc1. The minimum absolute atomic E-state index is 0.203. The molecule has 2 heterocycles. The van der Waals surface area contributed by atoms with Crippen LogP contribution in [0.15, 0.2) is 48.8 Å². The fourth-order valence-corrected chi connectivity index (χ4v) is 1.98. The van der Waals surface area contributed by atoms with Crippen molar-refractivity contribution in [2.75, 3.05) is 0 Å². The molecule has 104 valence electrons. The number of carboxylic acid groups (broad SMARTS) is 1. The maximum atomic E-state index is 13.4. The van der Waals surface area contributed by atoms with E-state index in [1.54, 1.807) is 18.2 Å². The standard InChI is InChI=1S/C14H9FN4O2/c15-10-2-1-3-11(8-10)19-13(9-4-6-16-7-5-9)12(14(20)21)17-18-19/h1-8H,(H,20,21). The molecule has 3 rings (SSSR count). The van der Waals surface area contributed by atoms with E-state index in [9.17, 15) is 14.3 Å². The van der Waals surface area contributed by atoms with Crippen molar-refractivity contribution >= 4 is 5.97 Å². The zero-order chi connectivity index (χ0) is 14.8. The Morgan fingerprint density at radius 3 is 2.62 bits per heavy atom. The molecule has 2 aromatic heterocycles. The fraction of sp³-hybridized carbons (Fsp3) is 0. The number of halogens is 1. The second-order valence-corrected chi connectivity index (χ2v) is 4.22. The first-order valence-electron chi connectivity index (χ1n) is 6.02. The number of carbonyl (C=O) groups is 1. The molecule has 0 fully saturated rings. The number of rotatable bonds is 3. The van der Waals surface area contributed by atoms with E-state index in [0.717, 1.165) is 0 Å². The van der Waals surface area contributed by atoms with Crippen LogP contribution in [0.2, 0.25) is 0 Å². The van der Waals surface area contributed by atoms with Gasteiger partial charge in [0.25, 0.3) is 0 Å². The van der Waals surface area contributed by atoms with Gasteiger partial charge in [0.05, 0.1) is 5.69 Å². The van der Waals surface area contributed by atoms with Crippen LogP contribution in [0.3, 0.4) is 0 Å². The second-order valence-electron chi connectivity index (χ2n) is 4.22. The summed E-state index contributed by atoms with van der Waals surface area (Å²) in [6, 6.07) is 8.97. The van der Waals surface area contributed by atoms with Crippen LogP contribution in [0.4, 0.5) is 4.39 Å². The van der Waals surface area contributed by atoms with Gasteiger partial charge in [-0.05, 0) is 30.3 Å². The average Bonchev–Trinajstić information content (AvgIpc) is 2.93. The van der Waals surface area contributed by atoms with Crippen LogP contribution in [-0.2, 0) is 0 Å².